The molecule has 0 unspecified atom stereocenters. The SMILES string of the molecule is CC(C)C[C@H](NC(=O)[C@H](Cc1ccccc1)NC(=O)[C@H](C)NC(=O)[C@H](C)N)C(=O)N[C@@H](C)C(=O)N[C@@H](CCCN=C(N)N)C(=O)N[C@@H](CO)C(N)=O. The van der Waals surface area contributed by atoms with Crippen molar-refractivity contribution < 1.29 is 38.7 Å². The molecule has 0 aromatic heterocycles. The lowest BCUT2D eigenvalue weighted by molar-refractivity contribution is -0.135. The minimum absolute atomic E-state index is 0.0139. The Labute approximate surface area is 303 Å². The van der Waals surface area contributed by atoms with Gasteiger partial charge < -0.3 is 59.9 Å². The summed E-state index contributed by atoms with van der Waals surface area (Å²) in [5, 5.41) is 24.6. The van der Waals surface area contributed by atoms with Gasteiger partial charge in [0, 0.05) is 13.0 Å². The van der Waals surface area contributed by atoms with Crippen LogP contribution in [0.25, 0.3) is 0 Å². The van der Waals surface area contributed by atoms with Crippen LogP contribution in [-0.2, 0) is 40.0 Å². The van der Waals surface area contributed by atoms with Gasteiger partial charge >= 0.3 is 0 Å². The Kier molecular flexibility index (Phi) is 19.4. The highest BCUT2D eigenvalue weighted by Gasteiger charge is 2.32. The Balaban J connectivity index is 3.16. The second-order valence-electron chi connectivity index (χ2n) is 12.8. The van der Waals surface area contributed by atoms with Crippen LogP contribution in [0.5, 0.6) is 0 Å². The summed E-state index contributed by atoms with van der Waals surface area (Å²) in [5.41, 5.74) is 22.2. The topological polar surface area (TPSA) is 328 Å². The van der Waals surface area contributed by atoms with Crippen LogP contribution in [0.1, 0.15) is 59.4 Å². The fourth-order valence-electron chi connectivity index (χ4n) is 4.67. The maximum atomic E-state index is 13.7. The Morgan fingerprint density at radius 1 is 0.654 bits per heavy atom. The van der Waals surface area contributed by atoms with Gasteiger partial charge in [0.15, 0.2) is 5.96 Å². The summed E-state index contributed by atoms with van der Waals surface area (Å²) in [6.45, 7) is 7.27. The first kappa shape index (κ1) is 44.7. The lowest BCUT2D eigenvalue weighted by Crippen LogP contribution is -2.59. The number of nitrogens with two attached hydrogens (primary N) is 4. The van der Waals surface area contributed by atoms with Crippen LogP contribution >= 0.6 is 0 Å². The molecule has 0 spiro atoms. The number of rotatable bonds is 22. The third-order valence-corrected chi connectivity index (χ3v) is 7.59. The third kappa shape index (κ3) is 16.6. The average Bonchev–Trinajstić information content (AvgIpc) is 3.07. The molecule has 19 heteroatoms. The van der Waals surface area contributed by atoms with Crippen molar-refractivity contribution in [3.05, 3.63) is 35.9 Å². The molecule has 0 radical (unpaired) electrons. The minimum Gasteiger partial charge on any atom is -0.394 e. The van der Waals surface area contributed by atoms with E-state index in [9.17, 15) is 38.7 Å². The molecule has 0 saturated carbocycles. The van der Waals surface area contributed by atoms with Crippen molar-refractivity contribution in [1.82, 2.24) is 31.9 Å². The molecule has 0 aliphatic rings. The van der Waals surface area contributed by atoms with E-state index >= 15 is 0 Å². The fraction of sp³-hybridized carbons (Fsp3) is 0.576. The predicted octanol–water partition coefficient (Wildman–Crippen LogP) is -3.90. The van der Waals surface area contributed by atoms with Gasteiger partial charge in [-0.3, -0.25) is 38.6 Å². The molecule has 0 aliphatic carbocycles. The molecule has 0 saturated heterocycles. The smallest absolute Gasteiger partial charge is 0.243 e. The molecule has 7 amide bonds. The molecular weight excluding hydrogens is 678 g/mol. The Hall–Kier alpha value is -5.30. The molecule has 7 atom stereocenters. The number of carbonyl (C=O) groups excluding carboxylic acids is 7. The van der Waals surface area contributed by atoms with Gasteiger partial charge in [-0.05, 0) is 51.5 Å². The van der Waals surface area contributed by atoms with Crippen molar-refractivity contribution in [3.8, 4) is 0 Å². The largest absolute Gasteiger partial charge is 0.394 e. The van der Waals surface area contributed by atoms with Crippen molar-refractivity contribution in [2.75, 3.05) is 13.2 Å². The number of hydrogen-bond donors (Lipinski definition) is 11. The standard InChI is InChI=1S/C33H55N11O8/c1-17(2)14-23(43-32(52)24(15-21-10-7-6-8-11-21)42-29(49)19(4)39-27(47)18(3)34)31(51)40-20(5)28(48)41-22(12-9-13-38-33(36)37)30(50)44-25(16-45)26(35)46/h6-8,10-11,17-20,22-25,45H,9,12-16,34H2,1-5H3,(H2,35,46)(H,39,47)(H,40,51)(H,41,48)(H,42,49)(H,43,52)(H,44,50)(H4,36,37,38)/t18-,19-,20-,22-,23-,24-,25-/m0/s1. The fourth-order valence-corrected chi connectivity index (χ4v) is 4.67. The molecule has 0 heterocycles. The summed E-state index contributed by atoms with van der Waals surface area (Å²) in [5.74, 6) is -5.48. The van der Waals surface area contributed by atoms with E-state index in [0.717, 1.165) is 0 Å². The second-order valence-corrected chi connectivity index (χ2v) is 12.8. The molecule has 19 nitrogen and oxygen atoms in total. The normalized spacial score (nSPS) is 14.9. The van der Waals surface area contributed by atoms with Crippen molar-refractivity contribution in [3.63, 3.8) is 0 Å². The van der Waals surface area contributed by atoms with Crippen LogP contribution in [0.4, 0.5) is 0 Å². The first-order valence-electron chi connectivity index (χ1n) is 16.9. The van der Waals surface area contributed by atoms with Crippen LogP contribution in [0, 0.1) is 5.92 Å². The lowest BCUT2D eigenvalue weighted by Gasteiger charge is -2.27. The third-order valence-electron chi connectivity index (χ3n) is 7.59. The summed E-state index contributed by atoms with van der Waals surface area (Å²) < 4.78 is 0. The van der Waals surface area contributed by atoms with Gasteiger partial charge in [0.25, 0.3) is 0 Å². The monoisotopic (exact) mass is 733 g/mol. The predicted molar refractivity (Wildman–Crippen MR) is 192 cm³/mol. The zero-order chi connectivity index (χ0) is 39.5. The zero-order valence-corrected chi connectivity index (χ0v) is 30.3. The number of carbonyl (C=O) groups is 7. The van der Waals surface area contributed by atoms with Crippen molar-refractivity contribution in [2.24, 2.45) is 33.8 Å². The number of nitrogens with one attached hydrogen (secondary N) is 6. The van der Waals surface area contributed by atoms with E-state index in [-0.39, 0.29) is 44.1 Å². The number of aliphatic imine (C=N–C) groups is 1. The first-order valence-corrected chi connectivity index (χ1v) is 16.9. The van der Waals surface area contributed by atoms with Gasteiger partial charge in [0.2, 0.25) is 41.4 Å². The summed E-state index contributed by atoms with van der Waals surface area (Å²) in [6.07, 6.45) is 0.461. The van der Waals surface area contributed by atoms with Gasteiger partial charge in [-0.25, -0.2) is 0 Å². The second kappa shape index (κ2) is 22.5. The average molecular weight is 734 g/mol. The van der Waals surface area contributed by atoms with Gasteiger partial charge in [-0.2, -0.15) is 0 Å². The highest BCUT2D eigenvalue weighted by atomic mass is 16.3. The van der Waals surface area contributed by atoms with E-state index in [1.807, 2.05) is 13.8 Å². The first-order chi connectivity index (χ1) is 24.4. The molecular formula is C33H55N11O8. The quantitative estimate of drug-likeness (QED) is 0.0311. The summed E-state index contributed by atoms with van der Waals surface area (Å²) in [7, 11) is 0. The van der Waals surface area contributed by atoms with E-state index in [4.69, 9.17) is 22.9 Å². The maximum absolute atomic E-state index is 13.7. The molecule has 0 aliphatic heterocycles. The molecule has 15 N–H and O–H groups in total. The van der Waals surface area contributed by atoms with Crippen LogP contribution < -0.4 is 54.8 Å². The molecule has 290 valence electrons. The number of benzene rings is 1. The molecule has 0 bridgehead atoms. The van der Waals surface area contributed by atoms with Gasteiger partial charge in [0.05, 0.1) is 12.6 Å². The van der Waals surface area contributed by atoms with E-state index in [0.29, 0.717) is 5.56 Å². The number of guanidine groups is 1. The number of nitrogens with zero attached hydrogens (tertiary/aromatic N) is 1. The van der Waals surface area contributed by atoms with Crippen molar-refractivity contribution >= 4 is 47.3 Å². The minimum atomic E-state index is -1.41. The highest BCUT2D eigenvalue weighted by Crippen LogP contribution is 2.09. The molecule has 1 aromatic carbocycles. The highest BCUT2D eigenvalue weighted by molar-refractivity contribution is 5.97. The van der Waals surface area contributed by atoms with Crippen LogP contribution in [0.3, 0.4) is 0 Å². The van der Waals surface area contributed by atoms with Crippen molar-refractivity contribution in [2.45, 2.75) is 103 Å². The van der Waals surface area contributed by atoms with E-state index < -0.39 is 90.3 Å². The molecule has 1 rings (SSSR count). The van der Waals surface area contributed by atoms with Gasteiger partial charge in [-0.1, -0.05) is 44.2 Å². The van der Waals surface area contributed by atoms with Crippen molar-refractivity contribution in [1.29, 1.82) is 0 Å². The van der Waals surface area contributed by atoms with Gasteiger partial charge in [-0.15, -0.1) is 0 Å². The zero-order valence-electron chi connectivity index (χ0n) is 30.3. The summed E-state index contributed by atoms with van der Waals surface area (Å²) in [4.78, 5) is 93.9. The number of primary amides is 1. The van der Waals surface area contributed by atoms with E-state index in [1.54, 1.807) is 30.3 Å². The van der Waals surface area contributed by atoms with E-state index in [2.05, 4.69) is 36.9 Å². The van der Waals surface area contributed by atoms with Crippen LogP contribution in [0.15, 0.2) is 35.3 Å². The molecule has 52 heavy (non-hydrogen) atoms. The van der Waals surface area contributed by atoms with Crippen LogP contribution in [-0.4, -0.2) is 108 Å². The summed E-state index contributed by atoms with van der Waals surface area (Å²) >= 11 is 0. The number of amides is 7. The summed E-state index contributed by atoms with van der Waals surface area (Å²) in [6, 6.07) is 0.790. The Bertz CT molecular complexity index is 1400. The van der Waals surface area contributed by atoms with Crippen LogP contribution in [0.2, 0.25) is 0 Å². The van der Waals surface area contributed by atoms with Gasteiger partial charge in [0.1, 0.15) is 36.3 Å². The Morgan fingerprint density at radius 2 is 1.13 bits per heavy atom. The maximum Gasteiger partial charge on any atom is 0.243 e. The Morgan fingerprint density at radius 3 is 1.63 bits per heavy atom. The number of hydrogen-bond acceptors (Lipinski definition) is 10. The number of aliphatic hydroxyl groups excluding tert-OH is 1. The lowest BCUT2D eigenvalue weighted by atomic mass is 10.0. The van der Waals surface area contributed by atoms with E-state index in [1.165, 1.54) is 20.8 Å². The molecule has 1 aromatic rings. The number of aliphatic hydroxyl groups is 1. The molecule has 0 fully saturated rings.